The molecule has 0 amide bonds. The van der Waals surface area contributed by atoms with E-state index in [1.807, 2.05) is 0 Å². The van der Waals surface area contributed by atoms with Gasteiger partial charge in [0.15, 0.2) is 0 Å². The summed E-state index contributed by atoms with van der Waals surface area (Å²) in [7, 11) is 0. The third kappa shape index (κ3) is 1.68. The third-order valence-electron chi connectivity index (χ3n) is 3.27. The van der Waals surface area contributed by atoms with Gasteiger partial charge in [-0.2, -0.15) is 13.2 Å². The van der Waals surface area contributed by atoms with Crippen molar-refractivity contribution in [1.29, 1.82) is 0 Å². The van der Waals surface area contributed by atoms with Gasteiger partial charge < -0.3 is 4.74 Å². The summed E-state index contributed by atoms with van der Waals surface area (Å²) in [5, 5.41) is 0. The highest BCUT2D eigenvalue weighted by Gasteiger charge is 2.48. The SMILES string of the molecule is FC(F)(F)C1CCC2(CCC2)OC1. The second kappa shape index (κ2) is 2.87. The number of hydrogen-bond acceptors (Lipinski definition) is 1. The quantitative estimate of drug-likeness (QED) is 0.576. The smallest absolute Gasteiger partial charge is 0.374 e. The highest BCUT2D eigenvalue weighted by atomic mass is 19.4. The number of ether oxygens (including phenoxy) is 1. The van der Waals surface area contributed by atoms with Crippen molar-refractivity contribution in [3.05, 3.63) is 0 Å². The van der Waals surface area contributed by atoms with Crippen LogP contribution in [0.2, 0.25) is 0 Å². The molecule has 13 heavy (non-hydrogen) atoms. The molecule has 1 heterocycles. The van der Waals surface area contributed by atoms with Gasteiger partial charge in [0.1, 0.15) is 0 Å². The summed E-state index contributed by atoms with van der Waals surface area (Å²) >= 11 is 0. The average Bonchev–Trinajstić information content (AvgIpc) is 2.00. The summed E-state index contributed by atoms with van der Waals surface area (Å²) in [4.78, 5) is 0. The second-order valence-corrected chi connectivity index (χ2v) is 4.12. The lowest BCUT2D eigenvalue weighted by atomic mass is 9.74. The normalized spacial score (nSPS) is 33.0. The molecule has 76 valence electrons. The molecular weight excluding hydrogens is 181 g/mol. The van der Waals surface area contributed by atoms with E-state index in [-0.39, 0.29) is 18.6 Å². The zero-order valence-corrected chi connectivity index (χ0v) is 7.36. The Labute approximate surface area is 75.3 Å². The van der Waals surface area contributed by atoms with Gasteiger partial charge in [-0.05, 0) is 32.1 Å². The molecule has 0 N–H and O–H groups in total. The van der Waals surface area contributed by atoms with Crippen molar-refractivity contribution in [2.45, 2.75) is 43.9 Å². The van der Waals surface area contributed by atoms with Crippen LogP contribution in [-0.2, 0) is 4.74 Å². The fourth-order valence-corrected chi connectivity index (χ4v) is 2.09. The Balaban J connectivity index is 1.89. The van der Waals surface area contributed by atoms with E-state index in [1.54, 1.807) is 0 Å². The van der Waals surface area contributed by atoms with Crippen LogP contribution in [0.15, 0.2) is 0 Å². The van der Waals surface area contributed by atoms with Crippen LogP contribution in [0.5, 0.6) is 0 Å². The van der Waals surface area contributed by atoms with Gasteiger partial charge >= 0.3 is 6.18 Å². The first-order valence-electron chi connectivity index (χ1n) is 4.73. The molecule has 1 aliphatic carbocycles. The fraction of sp³-hybridized carbons (Fsp3) is 1.00. The zero-order valence-electron chi connectivity index (χ0n) is 7.36. The third-order valence-corrected chi connectivity index (χ3v) is 3.27. The molecule has 2 fully saturated rings. The Morgan fingerprint density at radius 2 is 1.85 bits per heavy atom. The lowest BCUT2D eigenvalue weighted by Gasteiger charge is -2.46. The second-order valence-electron chi connectivity index (χ2n) is 4.12. The predicted molar refractivity (Wildman–Crippen MR) is 41.3 cm³/mol. The zero-order chi connectivity index (χ0) is 9.53. The van der Waals surface area contributed by atoms with Crippen molar-refractivity contribution in [1.82, 2.24) is 0 Å². The topological polar surface area (TPSA) is 9.23 Å². The minimum absolute atomic E-state index is 0.122. The molecular formula is C9H13F3O. The first-order chi connectivity index (χ1) is 6.02. The van der Waals surface area contributed by atoms with E-state index in [9.17, 15) is 13.2 Å². The Morgan fingerprint density at radius 3 is 2.15 bits per heavy atom. The molecule has 1 aliphatic heterocycles. The molecule has 0 radical (unpaired) electrons. The average molecular weight is 194 g/mol. The summed E-state index contributed by atoms with van der Waals surface area (Å²) in [6.45, 7) is -0.122. The summed E-state index contributed by atoms with van der Waals surface area (Å²) in [6.07, 6.45) is -0.197. The maximum Gasteiger partial charge on any atom is 0.394 e. The summed E-state index contributed by atoms with van der Waals surface area (Å²) < 4.78 is 42.0. The Morgan fingerprint density at radius 1 is 1.15 bits per heavy atom. The van der Waals surface area contributed by atoms with E-state index in [0.29, 0.717) is 6.42 Å². The standard InChI is InChI=1S/C9H13F3O/c10-9(11,12)7-2-5-8(13-6-7)3-1-4-8/h7H,1-6H2. The molecule has 1 saturated heterocycles. The first kappa shape index (κ1) is 9.31. The molecule has 1 atom stereocenters. The number of hydrogen-bond donors (Lipinski definition) is 0. The highest BCUT2D eigenvalue weighted by molar-refractivity contribution is 4.93. The monoisotopic (exact) mass is 194 g/mol. The van der Waals surface area contributed by atoms with Crippen LogP contribution in [0, 0.1) is 5.92 Å². The largest absolute Gasteiger partial charge is 0.394 e. The fourth-order valence-electron chi connectivity index (χ4n) is 2.09. The number of halogens is 3. The van der Waals surface area contributed by atoms with Gasteiger partial charge in [0.2, 0.25) is 0 Å². The summed E-state index contributed by atoms with van der Waals surface area (Å²) in [5.41, 5.74) is -0.151. The Hall–Kier alpha value is -0.250. The maximum atomic E-state index is 12.2. The van der Waals surface area contributed by atoms with E-state index >= 15 is 0 Å². The van der Waals surface area contributed by atoms with Gasteiger partial charge in [-0.3, -0.25) is 0 Å². The van der Waals surface area contributed by atoms with Gasteiger partial charge in [0, 0.05) is 0 Å². The molecule has 1 saturated carbocycles. The number of rotatable bonds is 0. The molecule has 0 aromatic heterocycles. The first-order valence-corrected chi connectivity index (χ1v) is 4.73. The predicted octanol–water partition coefficient (Wildman–Crippen LogP) is 2.90. The lowest BCUT2D eigenvalue weighted by Crippen LogP contribution is -2.47. The van der Waals surface area contributed by atoms with E-state index in [1.165, 1.54) is 0 Å². The van der Waals surface area contributed by atoms with Crippen LogP contribution in [-0.4, -0.2) is 18.4 Å². The van der Waals surface area contributed by atoms with Crippen LogP contribution in [0.3, 0.4) is 0 Å². The van der Waals surface area contributed by atoms with Crippen LogP contribution in [0.25, 0.3) is 0 Å². The van der Waals surface area contributed by atoms with Gasteiger partial charge in [0.25, 0.3) is 0 Å². The Kier molecular flexibility index (Phi) is 2.06. The molecule has 0 aromatic rings. The van der Waals surface area contributed by atoms with E-state index < -0.39 is 12.1 Å². The van der Waals surface area contributed by atoms with E-state index in [4.69, 9.17) is 4.74 Å². The highest BCUT2D eigenvalue weighted by Crippen LogP contribution is 2.46. The molecule has 2 rings (SSSR count). The minimum Gasteiger partial charge on any atom is -0.374 e. The summed E-state index contributed by atoms with van der Waals surface area (Å²) in [5.74, 6) is -1.22. The van der Waals surface area contributed by atoms with E-state index in [0.717, 1.165) is 19.3 Å². The van der Waals surface area contributed by atoms with Crippen molar-refractivity contribution in [2.75, 3.05) is 6.61 Å². The van der Waals surface area contributed by atoms with E-state index in [2.05, 4.69) is 0 Å². The van der Waals surface area contributed by atoms with Crippen molar-refractivity contribution < 1.29 is 17.9 Å². The van der Waals surface area contributed by atoms with Crippen LogP contribution < -0.4 is 0 Å². The maximum absolute atomic E-state index is 12.2. The minimum atomic E-state index is -4.06. The molecule has 4 heteroatoms. The molecule has 1 spiro atoms. The van der Waals surface area contributed by atoms with Crippen molar-refractivity contribution in [3.63, 3.8) is 0 Å². The summed E-state index contributed by atoms with van der Waals surface area (Å²) in [6, 6.07) is 0. The van der Waals surface area contributed by atoms with Crippen LogP contribution in [0.4, 0.5) is 13.2 Å². The van der Waals surface area contributed by atoms with Crippen LogP contribution in [0.1, 0.15) is 32.1 Å². The lowest BCUT2D eigenvalue weighted by molar-refractivity contribution is -0.235. The van der Waals surface area contributed by atoms with Crippen molar-refractivity contribution in [2.24, 2.45) is 5.92 Å². The molecule has 2 aliphatic rings. The molecule has 1 nitrogen and oxygen atoms in total. The van der Waals surface area contributed by atoms with Gasteiger partial charge in [-0.15, -0.1) is 0 Å². The Bertz CT molecular complexity index is 186. The van der Waals surface area contributed by atoms with Crippen LogP contribution >= 0.6 is 0 Å². The van der Waals surface area contributed by atoms with Crippen molar-refractivity contribution in [3.8, 4) is 0 Å². The molecule has 0 bridgehead atoms. The molecule has 1 unspecified atom stereocenters. The molecule has 0 aromatic carbocycles. The number of alkyl halides is 3. The van der Waals surface area contributed by atoms with Crippen molar-refractivity contribution >= 4 is 0 Å². The van der Waals surface area contributed by atoms with Gasteiger partial charge in [-0.25, -0.2) is 0 Å². The van der Waals surface area contributed by atoms with Gasteiger partial charge in [-0.1, -0.05) is 0 Å². The van der Waals surface area contributed by atoms with Gasteiger partial charge in [0.05, 0.1) is 18.1 Å².